The van der Waals surface area contributed by atoms with E-state index in [9.17, 15) is 4.79 Å². The Labute approximate surface area is 91.1 Å². The molecule has 0 bridgehead atoms. The maximum absolute atomic E-state index is 11.1. The van der Waals surface area contributed by atoms with Gasteiger partial charge in [-0.05, 0) is 6.07 Å². The maximum atomic E-state index is 11.1. The zero-order valence-corrected chi connectivity index (χ0v) is 5.74. The molecule has 2 aromatic rings. The number of hydrogen-bond donors (Lipinski definition) is 1. The Morgan fingerprint density at radius 2 is 2.00 bits per heavy atom. The van der Waals surface area contributed by atoms with E-state index in [4.69, 9.17) is 0 Å². The van der Waals surface area contributed by atoms with Crippen LogP contribution in [0.15, 0.2) is 35.3 Å². The minimum absolute atomic E-state index is 0. The third-order valence-electron chi connectivity index (χ3n) is 1.58. The van der Waals surface area contributed by atoms with E-state index in [0.717, 1.165) is 5.39 Å². The van der Waals surface area contributed by atoms with Crippen molar-refractivity contribution in [2.75, 3.05) is 0 Å². The zero-order valence-electron chi connectivity index (χ0n) is 5.74. The van der Waals surface area contributed by atoms with Crippen molar-refractivity contribution < 1.29 is 0 Å². The molecule has 0 spiro atoms. The average Bonchev–Trinajstić information content (AvgIpc) is 2.06. The van der Waals surface area contributed by atoms with Crippen LogP contribution in [0, 0.1) is 0 Å². The van der Waals surface area contributed by atoms with Crippen molar-refractivity contribution in [3.63, 3.8) is 0 Å². The second-order valence-electron chi connectivity index (χ2n) is 2.29. The van der Waals surface area contributed by atoms with Gasteiger partial charge in [0.05, 0.1) is 6.20 Å². The summed E-state index contributed by atoms with van der Waals surface area (Å²) in [4.78, 5) is 11.1. The van der Waals surface area contributed by atoms with Crippen LogP contribution in [0.3, 0.4) is 0 Å². The van der Waals surface area contributed by atoms with Gasteiger partial charge in [0.15, 0.2) is 0 Å². The summed E-state index contributed by atoms with van der Waals surface area (Å²) in [6.07, 6.45) is 1.64. The monoisotopic (exact) mass is 170 g/mol. The van der Waals surface area contributed by atoms with Gasteiger partial charge in [0.1, 0.15) is 0 Å². The molecule has 0 fully saturated rings. The van der Waals surface area contributed by atoms with Crippen LogP contribution >= 0.6 is 0 Å². The van der Waals surface area contributed by atoms with Crippen LogP contribution in [0.2, 0.25) is 0 Å². The van der Waals surface area contributed by atoms with Crippen LogP contribution in [-0.2, 0) is 0 Å². The summed E-state index contributed by atoms with van der Waals surface area (Å²) in [5.74, 6) is 0. The van der Waals surface area contributed by atoms with Crippen molar-refractivity contribution in [3.05, 3.63) is 40.8 Å². The van der Waals surface area contributed by atoms with Crippen LogP contribution in [-0.4, -0.2) is 39.8 Å². The molecule has 0 saturated heterocycles. The molecule has 0 aliphatic carbocycles. The van der Waals surface area contributed by atoms with Crippen LogP contribution in [0.4, 0.5) is 0 Å². The minimum atomic E-state index is -0.136. The number of fused-ring (bicyclic) bond motifs is 1. The molecule has 12 heavy (non-hydrogen) atoms. The molecule has 3 nitrogen and oxygen atoms in total. The Morgan fingerprint density at radius 3 is 2.75 bits per heavy atom. The fourth-order valence-electron chi connectivity index (χ4n) is 1.04. The quantitative estimate of drug-likeness (QED) is 0.577. The molecule has 56 valence electrons. The number of nitrogens with one attached hydrogen (secondary N) is 1. The van der Waals surface area contributed by atoms with Crippen molar-refractivity contribution in [2.24, 2.45) is 0 Å². The number of rotatable bonds is 0. The number of benzene rings is 1. The first kappa shape index (κ1) is 9.45. The van der Waals surface area contributed by atoms with Crippen molar-refractivity contribution >= 4 is 40.3 Å². The van der Waals surface area contributed by atoms with E-state index in [2.05, 4.69) is 10.2 Å². The molecule has 0 amide bonds. The van der Waals surface area contributed by atoms with E-state index < -0.39 is 0 Å². The van der Waals surface area contributed by atoms with Gasteiger partial charge in [-0.15, -0.1) is 0 Å². The Hall–Kier alpha value is -0.640. The summed E-state index contributed by atoms with van der Waals surface area (Å²) in [7, 11) is 0. The molecule has 0 radical (unpaired) electrons. The van der Waals surface area contributed by atoms with E-state index in [0.29, 0.717) is 5.39 Å². The van der Waals surface area contributed by atoms with Gasteiger partial charge in [0, 0.05) is 10.8 Å². The summed E-state index contributed by atoms with van der Waals surface area (Å²) in [6, 6.07) is 7.34. The fourth-order valence-corrected chi connectivity index (χ4v) is 1.04. The van der Waals surface area contributed by atoms with E-state index in [1.165, 1.54) is 0 Å². The predicted molar refractivity (Wildman–Crippen MR) is 49.5 cm³/mol. The second-order valence-corrected chi connectivity index (χ2v) is 2.29. The number of aromatic amines is 1. The van der Waals surface area contributed by atoms with E-state index in [1.54, 1.807) is 12.3 Å². The zero-order chi connectivity index (χ0) is 7.68. The molecule has 1 N–H and O–H groups in total. The first-order valence-corrected chi connectivity index (χ1v) is 3.30. The molecule has 0 aliphatic rings. The Kier molecular flexibility index (Phi) is 3.03. The molecule has 0 aliphatic heterocycles. The number of nitrogens with zero attached hydrogens (tertiary/aromatic N) is 1. The first-order valence-electron chi connectivity index (χ1n) is 3.30. The van der Waals surface area contributed by atoms with Gasteiger partial charge in [-0.1, -0.05) is 18.2 Å². The third kappa shape index (κ3) is 1.58. The number of aromatic nitrogens is 2. The van der Waals surface area contributed by atoms with Crippen molar-refractivity contribution in [1.29, 1.82) is 0 Å². The second kappa shape index (κ2) is 3.85. The fraction of sp³-hybridized carbons (Fsp3) is 0. The summed E-state index contributed by atoms with van der Waals surface area (Å²) in [5.41, 5.74) is -0.136. The Balaban J connectivity index is 0.000000720. The molecule has 0 unspecified atom stereocenters. The SMILES string of the molecule is O=c1[nH]ncc2ccccc12.[NaH]. The molecule has 4 heteroatoms. The van der Waals surface area contributed by atoms with Crippen LogP contribution in [0.5, 0.6) is 0 Å². The average molecular weight is 170 g/mol. The summed E-state index contributed by atoms with van der Waals surface area (Å²) < 4.78 is 0. The van der Waals surface area contributed by atoms with Gasteiger partial charge < -0.3 is 0 Å². The first-order chi connectivity index (χ1) is 5.38. The van der Waals surface area contributed by atoms with Gasteiger partial charge in [-0.2, -0.15) is 5.10 Å². The molecular formula is C8H7N2NaO. The molecule has 0 saturated carbocycles. The standard InChI is InChI=1S/C8H6N2O.Na.H/c11-8-7-4-2-1-3-6(7)5-9-10-8;;/h1-5H,(H,10,11);;. The molecule has 0 atom stereocenters. The van der Waals surface area contributed by atoms with Gasteiger partial charge in [0.25, 0.3) is 5.56 Å². The van der Waals surface area contributed by atoms with Gasteiger partial charge in [0.2, 0.25) is 0 Å². The Bertz CT molecular complexity index is 433. The predicted octanol–water partition coefficient (Wildman–Crippen LogP) is 0.275. The van der Waals surface area contributed by atoms with Crippen molar-refractivity contribution in [2.45, 2.75) is 0 Å². The number of hydrogen-bond acceptors (Lipinski definition) is 2. The molecular weight excluding hydrogens is 163 g/mol. The normalized spacial score (nSPS) is 9.33. The molecule has 1 heterocycles. The summed E-state index contributed by atoms with van der Waals surface area (Å²) in [6.45, 7) is 0. The molecule has 1 aromatic carbocycles. The van der Waals surface area contributed by atoms with Gasteiger partial charge in [-0.3, -0.25) is 4.79 Å². The summed E-state index contributed by atoms with van der Waals surface area (Å²) >= 11 is 0. The van der Waals surface area contributed by atoms with Crippen LogP contribution < -0.4 is 5.56 Å². The summed E-state index contributed by atoms with van der Waals surface area (Å²) in [5, 5.41) is 7.60. The molecule has 1 aromatic heterocycles. The van der Waals surface area contributed by atoms with Gasteiger partial charge in [-0.25, -0.2) is 5.10 Å². The van der Waals surface area contributed by atoms with Crippen molar-refractivity contribution in [3.8, 4) is 0 Å². The van der Waals surface area contributed by atoms with E-state index >= 15 is 0 Å². The number of H-pyrrole nitrogens is 1. The van der Waals surface area contributed by atoms with Crippen molar-refractivity contribution in [1.82, 2.24) is 10.2 Å². The molecule has 2 rings (SSSR count). The topological polar surface area (TPSA) is 45.8 Å². The third-order valence-corrected chi connectivity index (χ3v) is 1.58. The van der Waals surface area contributed by atoms with Gasteiger partial charge >= 0.3 is 29.6 Å². The van der Waals surface area contributed by atoms with E-state index in [-0.39, 0.29) is 35.1 Å². The van der Waals surface area contributed by atoms with Crippen LogP contribution in [0.1, 0.15) is 0 Å². The van der Waals surface area contributed by atoms with Crippen LogP contribution in [0.25, 0.3) is 10.8 Å². The Morgan fingerprint density at radius 1 is 1.25 bits per heavy atom. The van der Waals surface area contributed by atoms with E-state index in [1.807, 2.05) is 18.2 Å².